The maximum atomic E-state index is 12.3. The van der Waals surface area contributed by atoms with Crippen molar-refractivity contribution in [2.45, 2.75) is 20.4 Å². The van der Waals surface area contributed by atoms with E-state index >= 15 is 0 Å². The molecule has 0 amide bonds. The van der Waals surface area contributed by atoms with Gasteiger partial charge in [-0.25, -0.2) is 4.98 Å². The molecule has 3 aromatic rings. The number of benzene rings is 1. The fraction of sp³-hybridized carbons (Fsp3) is 0.231. The number of aromatic nitrogens is 3. The zero-order chi connectivity index (χ0) is 12.0. The summed E-state index contributed by atoms with van der Waals surface area (Å²) in [5.41, 5.74) is 1.99. The average molecular weight is 227 g/mol. The van der Waals surface area contributed by atoms with Crippen molar-refractivity contribution in [2.24, 2.45) is 0 Å². The third-order valence-corrected chi connectivity index (χ3v) is 3.10. The highest BCUT2D eigenvalue weighted by molar-refractivity contribution is 5.80. The lowest BCUT2D eigenvalue weighted by molar-refractivity contribution is 0.736. The summed E-state index contributed by atoms with van der Waals surface area (Å²) in [6, 6.07) is 7.65. The number of rotatable bonds is 1. The van der Waals surface area contributed by atoms with Crippen LogP contribution in [0.2, 0.25) is 0 Å². The summed E-state index contributed by atoms with van der Waals surface area (Å²) < 4.78 is 3.73. The molecule has 0 aliphatic heterocycles. The minimum atomic E-state index is 0.0289. The Bertz CT molecular complexity index is 767. The number of hydrogen-bond acceptors (Lipinski definition) is 2. The minimum Gasteiger partial charge on any atom is -0.282 e. The summed E-state index contributed by atoms with van der Waals surface area (Å²) in [6.45, 7) is 4.58. The van der Waals surface area contributed by atoms with Gasteiger partial charge in [-0.05, 0) is 26.0 Å². The van der Waals surface area contributed by atoms with Crippen LogP contribution in [0.3, 0.4) is 0 Å². The van der Waals surface area contributed by atoms with Crippen LogP contribution >= 0.6 is 0 Å². The summed E-state index contributed by atoms with van der Waals surface area (Å²) in [7, 11) is 0. The standard InChI is InChI=1S/C13H13N3O/c1-3-15-12(17)10-6-4-5-7-11(10)16-9(2)8-14-13(15)16/h4-8H,3H2,1-2H3. The second kappa shape index (κ2) is 3.45. The average Bonchev–Trinajstić information content (AvgIpc) is 2.73. The SMILES string of the molecule is CCn1c(=O)c2ccccc2n2c(C)cnc12. The molecular formula is C13H13N3O. The van der Waals surface area contributed by atoms with E-state index in [0.717, 1.165) is 16.6 Å². The van der Waals surface area contributed by atoms with Crippen LogP contribution in [-0.2, 0) is 6.54 Å². The van der Waals surface area contributed by atoms with Gasteiger partial charge in [-0.15, -0.1) is 0 Å². The van der Waals surface area contributed by atoms with Gasteiger partial charge in [-0.2, -0.15) is 0 Å². The van der Waals surface area contributed by atoms with Gasteiger partial charge in [0.2, 0.25) is 5.78 Å². The normalized spacial score (nSPS) is 11.4. The van der Waals surface area contributed by atoms with Gasteiger partial charge in [0, 0.05) is 12.2 Å². The zero-order valence-electron chi connectivity index (χ0n) is 9.84. The quantitative estimate of drug-likeness (QED) is 0.637. The molecule has 86 valence electrons. The summed E-state index contributed by atoms with van der Waals surface area (Å²) in [6.07, 6.45) is 1.80. The Hall–Kier alpha value is -2.10. The summed E-state index contributed by atoms with van der Waals surface area (Å²) in [5, 5.41) is 0.739. The van der Waals surface area contributed by atoms with Gasteiger partial charge in [0.15, 0.2) is 0 Å². The van der Waals surface area contributed by atoms with Crippen molar-refractivity contribution >= 4 is 16.7 Å². The molecule has 0 N–H and O–H groups in total. The molecule has 0 fully saturated rings. The molecular weight excluding hydrogens is 214 g/mol. The Morgan fingerprint density at radius 3 is 2.82 bits per heavy atom. The van der Waals surface area contributed by atoms with Crippen molar-refractivity contribution in [1.82, 2.24) is 14.0 Å². The monoisotopic (exact) mass is 227 g/mol. The molecule has 0 spiro atoms. The third-order valence-electron chi connectivity index (χ3n) is 3.10. The Morgan fingerprint density at radius 1 is 1.29 bits per heavy atom. The highest BCUT2D eigenvalue weighted by atomic mass is 16.1. The predicted molar refractivity (Wildman–Crippen MR) is 67.4 cm³/mol. The molecule has 17 heavy (non-hydrogen) atoms. The maximum absolute atomic E-state index is 12.3. The van der Waals surface area contributed by atoms with E-state index in [2.05, 4.69) is 4.98 Å². The summed E-state index contributed by atoms with van der Waals surface area (Å²) in [4.78, 5) is 16.6. The Kier molecular flexibility index (Phi) is 2.04. The number of para-hydroxylation sites is 1. The minimum absolute atomic E-state index is 0.0289. The van der Waals surface area contributed by atoms with Gasteiger partial charge in [0.05, 0.1) is 17.1 Å². The molecule has 0 bridgehead atoms. The van der Waals surface area contributed by atoms with Crippen LogP contribution in [0.5, 0.6) is 0 Å². The van der Waals surface area contributed by atoms with Gasteiger partial charge in [0.25, 0.3) is 5.56 Å². The molecule has 0 atom stereocenters. The zero-order valence-corrected chi connectivity index (χ0v) is 9.84. The van der Waals surface area contributed by atoms with Crippen molar-refractivity contribution in [2.75, 3.05) is 0 Å². The molecule has 0 aliphatic rings. The van der Waals surface area contributed by atoms with Crippen LogP contribution in [0.15, 0.2) is 35.3 Å². The van der Waals surface area contributed by atoms with E-state index in [4.69, 9.17) is 0 Å². The molecule has 0 saturated carbocycles. The second-order valence-electron chi connectivity index (χ2n) is 4.10. The highest BCUT2D eigenvalue weighted by Crippen LogP contribution is 2.14. The largest absolute Gasteiger partial charge is 0.282 e. The van der Waals surface area contributed by atoms with Gasteiger partial charge in [-0.1, -0.05) is 12.1 Å². The molecule has 0 saturated heterocycles. The Balaban J connectivity index is 2.71. The first-order valence-corrected chi connectivity index (χ1v) is 5.69. The fourth-order valence-electron chi connectivity index (χ4n) is 2.28. The van der Waals surface area contributed by atoms with E-state index in [9.17, 15) is 4.79 Å². The van der Waals surface area contributed by atoms with E-state index < -0.39 is 0 Å². The van der Waals surface area contributed by atoms with Crippen LogP contribution in [-0.4, -0.2) is 14.0 Å². The second-order valence-corrected chi connectivity index (χ2v) is 4.10. The first-order valence-electron chi connectivity index (χ1n) is 5.69. The molecule has 2 aromatic heterocycles. The van der Waals surface area contributed by atoms with E-state index in [1.54, 1.807) is 10.8 Å². The number of imidazole rings is 1. The lowest BCUT2D eigenvalue weighted by Crippen LogP contribution is -2.22. The van der Waals surface area contributed by atoms with Gasteiger partial charge >= 0.3 is 0 Å². The van der Waals surface area contributed by atoms with Gasteiger partial charge < -0.3 is 0 Å². The van der Waals surface area contributed by atoms with E-state index in [1.165, 1.54) is 0 Å². The van der Waals surface area contributed by atoms with Crippen LogP contribution in [0.1, 0.15) is 12.6 Å². The van der Waals surface area contributed by atoms with Gasteiger partial charge in [-0.3, -0.25) is 13.8 Å². The molecule has 0 unspecified atom stereocenters. The topological polar surface area (TPSA) is 39.3 Å². The number of fused-ring (bicyclic) bond motifs is 3. The summed E-state index contributed by atoms with van der Waals surface area (Å²) in [5.74, 6) is 0.716. The summed E-state index contributed by atoms with van der Waals surface area (Å²) >= 11 is 0. The van der Waals surface area contributed by atoms with Crippen LogP contribution in [0, 0.1) is 6.92 Å². The first kappa shape index (κ1) is 10.1. The first-order chi connectivity index (χ1) is 8.24. The van der Waals surface area contributed by atoms with Crippen LogP contribution in [0.25, 0.3) is 16.7 Å². The smallest absolute Gasteiger partial charge is 0.262 e. The lowest BCUT2D eigenvalue weighted by atomic mass is 10.2. The van der Waals surface area contributed by atoms with Crippen LogP contribution < -0.4 is 5.56 Å². The molecule has 4 heteroatoms. The molecule has 2 heterocycles. The molecule has 1 aromatic carbocycles. The Morgan fingerprint density at radius 2 is 2.06 bits per heavy atom. The van der Waals surface area contributed by atoms with Crippen molar-refractivity contribution in [3.05, 3.63) is 46.5 Å². The highest BCUT2D eigenvalue weighted by Gasteiger charge is 2.11. The van der Waals surface area contributed by atoms with Gasteiger partial charge in [0.1, 0.15) is 0 Å². The van der Waals surface area contributed by atoms with Crippen molar-refractivity contribution in [3.8, 4) is 0 Å². The molecule has 0 radical (unpaired) electrons. The van der Waals surface area contributed by atoms with Crippen molar-refractivity contribution < 1.29 is 0 Å². The predicted octanol–water partition coefficient (Wildman–Crippen LogP) is 1.98. The van der Waals surface area contributed by atoms with Crippen molar-refractivity contribution in [3.63, 3.8) is 0 Å². The third kappa shape index (κ3) is 1.24. The van der Waals surface area contributed by atoms with E-state index in [-0.39, 0.29) is 5.56 Å². The lowest BCUT2D eigenvalue weighted by Gasteiger charge is -2.09. The van der Waals surface area contributed by atoms with E-state index in [1.807, 2.05) is 42.5 Å². The Labute approximate surface area is 98.1 Å². The molecule has 0 aliphatic carbocycles. The molecule has 4 nitrogen and oxygen atoms in total. The van der Waals surface area contributed by atoms with Crippen LogP contribution in [0.4, 0.5) is 0 Å². The maximum Gasteiger partial charge on any atom is 0.262 e. The fourth-order valence-corrected chi connectivity index (χ4v) is 2.28. The number of nitrogens with zero attached hydrogens (tertiary/aromatic N) is 3. The molecule has 3 rings (SSSR count). The van der Waals surface area contributed by atoms with E-state index in [0.29, 0.717) is 12.3 Å². The number of aryl methyl sites for hydroxylation is 2. The number of hydrogen-bond donors (Lipinski definition) is 0. The van der Waals surface area contributed by atoms with Crippen molar-refractivity contribution in [1.29, 1.82) is 0 Å².